The Labute approximate surface area is 126 Å². The summed E-state index contributed by atoms with van der Waals surface area (Å²) in [6.45, 7) is 0. The lowest BCUT2D eigenvalue weighted by Crippen LogP contribution is -2.11. The molecule has 1 aliphatic rings. The third kappa shape index (κ3) is 2.30. The first-order chi connectivity index (χ1) is 9.69. The second-order valence-corrected chi connectivity index (χ2v) is 5.75. The van der Waals surface area contributed by atoms with E-state index >= 15 is 0 Å². The number of carbonyl (C=O) groups excluding carboxylic acids is 1. The third-order valence-electron chi connectivity index (χ3n) is 3.00. The minimum Gasteiger partial charge on any atom is -0.465 e. The summed E-state index contributed by atoms with van der Waals surface area (Å²) in [5, 5.41) is 3.20. The normalized spacial score (nSPS) is 12.8. The highest BCUT2D eigenvalue weighted by Crippen LogP contribution is 2.39. The Hall–Kier alpha value is -1.85. The van der Waals surface area contributed by atoms with Gasteiger partial charge in [-0.1, -0.05) is 42.2 Å². The number of hydrogen-bond donors (Lipinski definition) is 1. The fraction of sp³-hybridized carbons (Fsp3) is 0.0667. The Morgan fingerprint density at radius 1 is 1.20 bits per heavy atom. The number of carbonyl (C=O) groups is 1. The van der Waals surface area contributed by atoms with Crippen molar-refractivity contribution in [3.63, 3.8) is 0 Å². The number of hydrogen-bond acceptors (Lipinski definition) is 4. The Bertz CT molecular complexity index is 713. The first-order valence-corrected chi connectivity index (χ1v) is 7.22. The van der Waals surface area contributed by atoms with Crippen molar-refractivity contribution in [1.29, 1.82) is 0 Å². The zero-order chi connectivity index (χ0) is 14.1. The molecule has 0 amide bonds. The van der Waals surface area contributed by atoms with Gasteiger partial charge in [0.15, 0.2) is 0 Å². The molecule has 0 radical (unpaired) electrons. The number of methoxy groups -OCH3 is 1. The molecule has 0 spiro atoms. The second-order valence-electron chi connectivity index (χ2n) is 4.25. The Balaban J connectivity index is 2.07. The monoisotopic (exact) mass is 301 g/mol. The van der Waals surface area contributed by atoms with E-state index in [0.29, 0.717) is 10.6 Å². The number of anilines is 1. The average molecular weight is 301 g/mol. The van der Waals surface area contributed by atoms with E-state index in [0.717, 1.165) is 21.0 Å². The smallest absolute Gasteiger partial charge is 0.337 e. The predicted molar refractivity (Wildman–Crippen MR) is 83.7 cm³/mol. The van der Waals surface area contributed by atoms with Gasteiger partial charge < -0.3 is 10.1 Å². The Kier molecular flexibility index (Phi) is 3.46. The minimum absolute atomic E-state index is 0.354. The van der Waals surface area contributed by atoms with Gasteiger partial charge in [0.05, 0.1) is 18.4 Å². The van der Waals surface area contributed by atoms with Gasteiger partial charge in [0.25, 0.3) is 0 Å². The molecule has 1 N–H and O–H groups in total. The zero-order valence-electron chi connectivity index (χ0n) is 10.7. The van der Waals surface area contributed by atoms with Gasteiger partial charge in [0.1, 0.15) is 4.99 Å². The number of ether oxygens (including phenoxy) is 1. The van der Waals surface area contributed by atoms with E-state index in [1.807, 2.05) is 30.3 Å². The lowest BCUT2D eigenvalue weighted by atomic mass is 10.2. The van der Waals surface area contributed by atoms with Crippen molar-refractivity contribution in [1.82, 2.24) is 0 Å². The van der Waals surface area contributed by atoms with Crippen LogP contribution in [-0.4, -0.2) is 18.1 Å². The zero-order valence-corrected chi connectivity index (χ0v) is 12.3. The number of nitrogens with one attached hydrogen (secondary N) is 1. The van der Waals surface area contributed by atoms with Gasteiger partial charge >= 0.3 is 5.97 Å². The fourth-order valence-electron chi connectivity index (χ4n) is 2.01. The van der Waals surface area contributed by atoms with Gasteiger partial charge in [-0.3, -0.25) is 0 Å². The molecule has 2 aromatic rings. The van der Waals surface area contributed by atoms with Crippen LogP contribution in [0.15, 0.2) is 52.3 Å². The quantitative estimate of drug-likeness (QED) is 0.642. The summed E-state index contributed by atoms with van der Waals surface area (Å²) in [7, 11) is 1.37. The number of thiocarbonyl (C=S) groups is 1. The highest BCUT2D eigenvalue weighted by atomic mass is 32.2. The van der Waals surface area contributed by atoms with Crippen LogP contribution in [0.3, 0.4) is 0 Å². The fourth-order valence-corrected chi connectivity index (χ4v) is 3.38. The summed E-state index contributed by atoms with van der Waals surface area (Å²) < 4.78 is 4.74. The molecule has 0 saturated heterocycles. The van der Waals surface area contributed by atoms with E-state index in [1.165, 1.54) is 7.11 Å². The van der Waals surface area contributed by atoms with Gasteiger partial charge in [-0.05, 0) is 24.3 Å². The maximum Gasteiger partial charge on any atom is 0.337 e. The van der Waals surface area contributed by atoms with E-state index in [2.05, 4.69) is 5.32 Å². The summed E-state index contributed by atoms with van der Waals surface area (Å²) in [6.07, 6.45) is 0. The molecule has 0 aromatic heterocycles. The van der Waals surface area contributed by atoms with Gasteiger partial charge in [-0.15, -0.1) is 0 Å². The number of fused-ring (bicyclic) bond motifs is 2. The van der Waals surface area contributed by atoms with Crippen LogP contribution >= 0.6 is 24.0 Å². The van der Waals surface area contributed by atoms with Crippen molar-refractivity contribution in [2.45, 2.75) is 9.79 Å². The van der Waals surface area contributed by atoms with Crippen LogP contribution in [0.25, 0.3) is 0 Å². The van der Waals surface area contributed by atoms with Crippen LogP contribution in [0.5, 0.6) is 0 Å². The second kappa shape index (κ2) is 5.26. The van der Waals surface area contributed by atoms with Crippen LogP contribution in [0.2, 0.25) is 0 Å². The van der Waals surface area contributed by atoms with Gasteiger partial charge in [-0.2, -0.15) is 0 Å². The molecule has 1 heterocycles. The maximum atomic E-state index is 11.6. The van der Waals surface area contributed by atoms with E-state index in [1.54, 1.807) is 23.9 Å². The summed E-state index contributed by atoms with van der Waals surface area (Å²) in [5.74, 6) is -0.354. The molecular weight excluding hydrogens is 290 g/mol. The van der Waals surface area contributed by atoms with Crippen LogP contribution in [0.4, 0.5) is 5.69 Å². The SMILES string of the molecule is COC(=O)c1ccc2c(c1)NC(=S)c1ccccc1S2. The summed E-state index contributed by atoms with van der Waals surface area (Å²) in [4.78, 5) is 14.4. The molecule has 100 valence electrons. The summed E-state index contributed by atoms with van der Waals surface area (Å²) in [6, 6.07) is 13.4. The third-order valence-corrected chi connectivity index (χ3v) is 4.47. The van der Waals surface area contributed by atoms with Crippen molar-refractivity contribution >= 4 is 40.6 Å². The van der Waals surface area contributed by atoms with Gasteiger partial charge in [-0.25, -0.2) is 4.79 Å². The summed E-state index contributed by atoms with van der Waals surface area (Å²) in [5.41, 5.74) is 2.34. The maximum absolute atomic E-state index is 11.6. The lowest BCUT2D eigenvalue weighted by Gasteiger charge is -2.08. The Morgan fingerprint density at radius 3 is 2.80 bits per heavy atom. The Morgan fingerprint density at radius 2 is 2.00 bits per heavy atom. The largest absolute Gasteiger partial charge is 0.465 e. The first kappa shape index (κ1) is 13.1. The van der Waals surface area contributed by atoms with Crippen LogP contribution in [0.1, 0.15) is 15.9 Å². The molecule has 0 bridgehead atoms. The van der Waals surface area contributed by atoms with Crippen molar-refractivity contribution in [2.24, 2.45) is 0 Å². The average Bonchev–Trinajstić information content (AvgIpc) is 2.62. The van der Waals surface area contributed by atoms with E-state index < -0.39 is 0 Å². The molecule has 20 heavy (non-hydrogen) atoms. The van der Waals surface area contributed by atoms with E-state index in [4.69, 9.17) is 17.0 Å². The molecule has 2 aromatic carbocycles. The molecule has 1 aliphatic heterocycles. The molecule has 0 fully saturated rings. The highest BCUT2D eigenvalue weighted by molar-refractivity contribution is 7.99. The van der Waals surface area contributed by atoms with Crippen molar-refractivity contribution in [2.75, 3.05) is 12.4 Å². The van der Waals surface area contributed by atoms with E-state index in [-0.39, 0.29) is 5.97 Å². The first-order valence-electron chi connectivity index (χ1n) is 5.99. The molecule has 0 atom stereocenters. The predicted octanol–water partition coefficient (Wildman–Crippen LogP) is 3.73. The van der Waals surface area contributed by atoms with Crippen molar-refractivity contribution in [3.05, 3.63) is 53.6 Å². The number of benzene rings is 2. The van der Waals surface area contributed by atoms with Crippen molar-refractivity contribution in [3.8, 4) is 0 Å². The standard InChI is InChI=1S/C15H11NO2S2/c1-18-15(17)9-6-7-13-11(8-9)16-14(19)10-4-2-3-5-12(10)20-13/h2-8H,1H3,(H,16,19). The van der Waals surface area contributed by atoms with Gasteiger partial charge in [0, 0.05) is 15.4 Å². The van der Waals surface area contributed by atoms with Crippen molar-refractivity contribution < 1.29 is 9.53 Å². The number of esters is 1. The molecule has 3 nitrogen and oxygen atoms in total. The minimum atomic E-state index is -0.354. The van der Waals surface area contributed by atoms with Gasteiger partial charge in [0.2, 0.25) is 0 Å². The molecule has 0 saturated carbocycles. The van der Waals surface area contributed by atoms with E-state index in [9.17, 15) is 4.79 Å². The van der Waals surface area contributed by atoms with Crippen LogP contribution < -0.4 is 5.32 Å². The molecule has 0 aliphatic carbocycles. The van der Waals surface area contributed by atoms with Crippen LogP contribution in [0, 0.1) is 0 Å². The topological polar surface area (TPSA) is 38.3 Å². The molecule has 0 unspecified atom stereocenters. The number of rotatable bonds is 1. The highest BCUT2D eigenvalue weighted by Gasteiger charge is 2.18. The molecule has 5 heteroatoms. The molecular formula is C15H11NO2S2. The molecule has 3 rings (SSSR count). The van der Waals surface area contributed by atoms with Crippen LogP contribution in [-0.2, 0) is 4.74 Å². The summed E-state index contributed by atoms with van der Waals surface area (Å²) >= 11 is 7.05. The lowest BCUT2D eigenvalue weighted by molar-refractivity contribution is 0.0600.